The molecule has 1 aromatic carbocycles. The monoisotopic (exact) mass is 242 g/mol. The van der Waals surface area contributed by atoms with E-state index in [9.17, 15) is 0 Å². The third kappa shape index (κ3) is 3.03. The van der Waals surface area contributed by atoms with Crippen LogP contribution in [0.4, 0.5) is 5.95 Å². The molecule has 4 heteroatoms. The van der Waals surface area contributed by atoms with Gasteiger partial charge in [0, 0.05) is 6.54 Å². The molecule has 0 fully saturated rings. The maximum atomic E-state index is 4.35. The third-order valence-corrected chi connectivity index (χ3v) is 3.03. The minimum Gasteiger partial charge on any atom is -0.352 e. The minimum atomic E-state index is 0.413. The molecule has 2 rings (SSSR count). The van der Waals surface area contributed by atoms with Crippen molar-refractivity contribution in [1.29, 1.82) is 0 Å². The summed E-state index contributed by atoms with van der Waals surface area (Å²) in [6.45, 7) is 6.83. The fraction of sp³-hybridized carbons (Fsp3) is 0.357. The highest BCUT2D eigenvalue weighted by Gasteiger charge is 2.06. The van der Waals surface area contributed by atoms with Crippen LogP contribution in [0.25, 0.3) is 0 Å². The van der Waals surface area contributed by atoms with Crippen molar-refractivity contribution in [3.8, 4) is 0 Å². The number of nitrogens with zero attached hydrogens (tertiary/aromatic N) is 3. The normalized spacial score (nSPS) is 12.2. The summed E-state index contributed by atoms with van der Waals surface area (Å²) in [5, 5.41) is 11.3. The van der Waals surface area contributed by atoms with Gasteiger partial charge in [0.1, 0.15) is 0 Å². The summed E-state index contributed by atoms with van der Waals surface area (Å²) in [4.78, 5) is 4.35. The lowest BCUT2D eigenvalue weighted by Crippen LogP contribution is -2.13. The molecule has 0 spiro atoms. The lowest BCUT2D eigenvalue weighted by molar-refractivity contribution is 0.785. The molecule has 2 aromatic rings. The van der Waals surface area contributed by atoms with Crippen molar-refractivity contribution in [3.63, 3.8) is 0 Å². The predicted molar refractivity (Wildman–Crippen MR) is 72.6 cm³/mol. The van der Waals surface area contributed by atoms with Crippen LogP contribution in [-0.4, -0.2) is 21.7 Å². The Hall–Kier alpha value is -1.97. The van der Waals surface area contributed by atoms with Crippen LogP contribution in [0.5, 0.6) is 0 Å². The topological polar surface area (TPSA) is 50.7 Å². The van der Waals surface area contributed by atoms with Crippen molar-refractivity contribution in [2.45, 2.75) is 26.7 Å². The van der Waals surface area contributed by atoms with Crippen molar-refractivity contribution in [2.75, 3.05) is 11.9 Å². The molecule has 18 heavy (non-hydrogen) atoms. The van der Waals surface area contributed by atoms with Crippen LogP contribution in [0.1, 0.15) is 29.8 Å². The summed E-state index contributed by atoms with van der Waals surface area (Å²) in [5.41, 5.74) is 3.10. The van der Waals surface area contributed by atoms with Crippen molar-refractivity contribution >= 4 is 5.95 Å². The zero-order valence-electron chi connectivity index (χ0n) is 11.0. The van der Waals surface area contributed by atoms with Gasteiger partial charge in [-0.1, -0.05) is 37.3 Å². The van der Waals surface area contributed by atoms with E-state index in [1.807, 2.05) is 19.9 Å². The van der Waals surface area contributed by atoms with E-state index >= 15 is 0 Å². The molecular formula is C14H18N4. The van der Waals surface area contributed by atoms with E-state index in [1.165, 1.54) is 5.56 Å². The lowest BCUT2D eigenvalue weighted by Gasteiger charge is -2.12. The Morgan fingerprint density at radius 3 is 2.44 bits per heavy atom. The molecule has 4 nitrogen and oxygen atoms in total. The summed E-state index contributed by atoms with van der Waals surface area (Å²) in [6.07, 6.45) is 0. The van der Waals surface area contributed by atoms with Crippen molar-refractivity contribution in [1.82, 2.24) is 15.2 Å². The van der Waals surface area contributed by atoms with E-state index < -0.39 is 0 Å². The average Bonchev–Trinajstić information content (AvgIpc) is 2.41. The van der Waals surface area contributed by atoms with E-state index in [2.05, 4.69) is 51.7 Å². The van der Waals surface area contributed by atoms with E-state index in [-0.39, 0.29) is 0 Å². The molecule has 1 N–H and O–H groups in total. The number of rotatable bonds is 4. The Morgan fingerprint density at radius 1 is 1.06 bits per heavy atom. The first-order chi connectivity index (χ1) is 8.66. The second-order valence-electron chi connectivity index (χ2n) is 4.50. The summed E-state index contributed by atoms with van der Waals surface area (Å²) in [5.74, 6) is 1.01. The molecule has 1 atom stereocenters. The predicted octanol–water partition coefficient (Wildman–Crippen LogP) is 2.70. The highest BCUT2D eigenvalue weighted by atomic mass is 15.2. The Balaban J connectivity index is 1.97. The highest BCUT2D eigenvalue weighted by molar-refractivity contribution is 5.27. The summed E-state index contributed by atoms with van der Waals surface area (Å²) < 4.78 is 0. The molecule has 94 valence electrons. The van der Waals surface area contributed by atoms with E-state index in [4.69, 9.17) is 0 Å². The first-order valence-corrected chi connectivity index (χ1v) is 6.13. The first-order valence-electron chi connectivity index (χ1n) is 6.13. The number of aryl methyl sites for hydroxylation is 2. The van der Waals surface area contributed by atoms with Gasteiger partial charge in [-0.05, 0) is 25.3 Å². The molecule has 1 unspecified atom stereocenters. The van der Waals surface area contributed by atoms with Gasteiger partial charge in [-0.3, -0.25) is 0 Å². The fourth-order valence-electron chi connectivity index (χ4n) is 1.68. The van der Waals surface area contributed by atoms with Crippen molar-refractivity contribution in [2.24, 2.45) is 0 Å². The second-order valence-corrected chi connectivity index (χ2v) is 4.50. The molecule has 0 radical (unpaired) electrons. The largest absolute Gasteiger partial charge is 0.352 e. The quantitative estimate of drug-likeness (QED) is 0.895. The molecule has 0 bridgehead atoms. The van der Waals surface area contributed by atoms with Crippen LogP contribution in [0.3, 0.4) is 0 Å². The lowest BCUT2D eigenvalue weighted by atomic mass is 10.0. The average molecular weight is 242 g/mol. The fourth-order valence-corrected chi connectivity index (χ4v) is 1.68. The van der Waals surface area contributed by atoms with Gasteiger partial charge < -0.3 is 5.32 Å². The van der Waals surface area contributed by atoms with Crippen LogP contribution in [0.15, 0.2) is 30.3 Å². The van der Waals surface area contributed by atoms with E-state index in [0.29, 0.717) is 11.9 Å². The molecule has 1 aromatic heterocycles. The Labute approximate surface area is 107 Å². The smallest absolute Gasteiger partial charge is 0.242 e. The highest BCUT2D eigenvalue weighted by Crippen LogP contribution is 2.14. The maximum Gasteiger partial charge on any atom is 0.242 e. The summed E-state index contributed by atoms with van der Waals surface area (Å²) in [6, 6.07) is 10.4. The van der Waals surface area contributed by atoms with Gasteiger partial charge in [-0.15, -0.1) is 5.10 Å². The molecule has 0 aliphatic heterocycles. The minimum absolute atomic E-state index is 0.413. The number of benzene rings is 1. The van der Waals surface area contributed by atoms with Crippen LogP contribution in [0.2, 0.25) is 0 Å². The Morgan fingerprint density at radius 2 is 1.78 bits per heavy atom. The molecule has 1 heterocycles. The zero-order chi connectivity index (χ0) is 13.0. The van der Waals surface area contributed by atoms with Crippen LogP contribution < -0.4 is 5.32 Å². The standard InChI is InChI=1S/C14H18N4/c1-10(13-7-5-4-6-8-13)9-15-14-16-11(2)12(3)17-18-14/h4-8,10H,9H2,1-3H3,(H,15,16,18). The number of nitrogens with one attached hydrogen (secondary N) is 1. The second kappa shape index (κ2) is 5.58. The number of aromatic nitrogens is 3. The van der Waals surface area contributed by atoms with Gasteiger partial charge in [0.15, 0.2) is 0 Å². The summed E-state index contributed by atoms with van der Waals surface area (Å²) in [7, 11) is 0. The van der Waals surface area contributed by atoms with Gasteiger partial charge >= 0.3 is 0 Å². The van der Waals surface area contributed by atoms with E-state index in [0.717, 1.165) is 17.9 Å². The number of hydrogen-bond donors (Lipinski definition) is 1. The SMILES string of the molecule is Cc1nnc(NCC(C)c2ccccc2)nc1C. The Kier molecular flexibility index (Phi) is 3.87. The van der Waals surface area contributed by atoms with Gasteiger partial charge in [0.2, 0.25) is 5.95 Å². The molecule has 0 aliphatic rings. The van der Waals surface area contributed by atoms with Crippen molar-refractivity contribution in [3.05, 3.63) is 47.3 Å². The van der Waals surface area contributed by atoms with Gasteiger partial charge in [-0.25, -0.2) is 4.98 Å². The number of hydrogen-bond acceptors (Lipinski definition) is 4. The van der Waals surface area contributed by atoms with Gasteiger partial charge in [0.05, 0.1) is 11.4 Å². The zero-order valence-corrected chi connectivity index (χ0v) is 11.0. The third-order valence-electron chi connectivity index (χ3n) is 3.03. The molecule has 0 saturated carbocycles. The molecular weight excluding hydrogens is 224 g/mol. The molecule has 0 saturated heterocycles. The maximum absolute atomic E-state index is 4.35. The Bertz CT molecular complexity index is 510. The first kappa shape index (κ1) is 12.5. The van der Waals surface area contributed by atoms with E-state index in [1.54, 1.807) is 0 Å². The summed E-state index contributed by atoms with van der Waals surface area (Å²) >= 11 is 0. The van der Waals surface area contributed by atoms with Crippen molar-refractivity contribution < 1.29 is 0 Å². The molecule has 0 aliphatic carbocycles. The van der Waals surface area contributed by atoms with Crippen LogP contribution >= 0.6 is 0 Å². The van der Waals surface area contributed by atoms with Crippen LogP contribution in [-0.2, 0) is 0 Å². The number of anilines is 1. The molecule has 0 amide bonds. The van der Waals surface area contributed by atoms with Gasteiger partial charge in [-0.2, -0.15) is 5.10 Å². The van der Waals surface area contributed by atoms with Crippen LogP contribution in [0, 0.1) is 13.8 Å². The van der Waals surface area contributed by atoms with Gasteiger partial charge in [0.25, 0.3) is 0 Å².